The number of sulfonamides is 1. The van der Waals surface area contributed by atoms with Crippen molar-refractivity contribution in [2.75, 3.05) is 18.5 Å². The van der Waals surface area contributed by atoms with Crippen molar-refractivity contribution in [1.29, 1.82) is 0 Å². The van der Waals surface area contributed by atoms with Gasteiger partial charge in [0.25, 0.3) is 5.91 Å². The van der Waals surface area contributed by atoms with E-state index in [9.17, 15) is 36.3 Å². The Morgan fingerprint density at radius 3 is 2.49 bits per heavy atom. The van der Waals surface area contributed by atoms with Crippen molar-refractivity contribution in [2.45, 2.75) is 37.2 Å². The van der Waals surface area contributed by atoms with Gasteiger partial charge in [0, 0.05) is 49.1 Å². The van der Waals surface area contributed by atoms with Crippen LogP contribution in [0.2, 0.25) is 0 Å². The van der Waals surface area contributed by atoms with Crippen molar-refractivity contribution < 1.29 is 41.0 Å². The smallest absolute Gasteiger partial charge is 0.407 e. The molecule has 2 amide bonds. The van der Waals surface area contributed by atoms with Crippen LogP contribution in [0.3, 0.4) is 0 Å². The fourth-order valence-corrected chi connectivity index (χ4v) is 6.40. The quantitative estimate of drug-likeness (QED) is 0.538. The molecule has 0 bridgehead atoms. The molecule has 1 saturated heterocycles. The molecule has 4 rings (SSSR count). The van der Waals surface area contributed by atoms with Crippen molar-refractivity contribution in [3.05, 3.63) is 41.5 Å². The van der Waals surface area contributed by atoms with Gasteiger partial charge in [-0.2, -0.15) is 0 Å². The molecule has 14 heteroatoms. The van der Waals surface area contributed by atoms with Gasteiger partial charge in [-0.15, -0.1) is 0 Å². The maximum atomic E-state index is 13.6. The highest BCUT2D eigenvalue weighted by atomic mass is 32.2. The molecule has 3 atom stereocenters. The van der Waals surface area contributed by atoms with Crippen LogP contribution in [0.5, 0.6) is 5.75 Å². The summed E-state index contributed by atoms with van der Waals surface area (Å²) < 4.78 is 76.5. The van der Waals surface area contributed by atoms with Gasteiger partial charge in [-0.05, 0) is 6.42 Å². The summed E-state index contributed by atoms with van der Waals surface area (Å²) in [6.07, 6.45) is 0.338. The van der Waals surface area contributed by atoms with E-state index < -0.39 is 57.0 Å². The molecule has 0 radical (unpaired) electrons. The average Bonchev–Trinajstić information content (AvgIpc) is 3.24. The molecule has 0 spiro atoms. The van der Waals surface area contributed by atoms with Crippen molar-refractivity contribution in [1.82, 2.24) is 14.2 Å². The van der Waals surface area contributed by atoms with Crippen LogP contribution >= 0.6 is 0 Å². The largest absolute Gasteiger partial charge is 0.489 e. The molecule has 2 aromatic rings. The lowest BCUT2D eigenvalue weighted by Crippen LogP contribution is -2.52. The van der Waals surface area contributed by atoms with Gasteiger partial charge in [-0.25, -0.2) is 31.1 Å². The Bertz CT molecular complexity index is 1310. The molecule has 3 N–H and O–H groups in total. The Balaban J connectivity index is 1.74. The second kappa shape index (κ2) is 8.45. The topological polar surface area (TPSA) is 130 Å². The zero-order chi connectivity index (χ0) is 25.9. The van der Waals surface area contributed by atoms with Gasteiger partial charge in [0.2, 0.25) is 10.0 Å². The number of fused-ring (bicyclic) bond motifs is 2. The summed E-state index contributed by atoms with van der Waals surface area (Å²) in [6, 6.07) is -0.193. The zero-order valence-corrected chi connectivity index (χ0v) is 19.7. The highest BCUT2D eigenvalue weighted by Crippen LogP contribution is 2.43. The summed E-state index contributed by atoms with van der Waals surface area (Å²) in [5.41, 5.74) is -1.62. The van der Waals surface area contributed by atoms with E-state index in [2.05, 4.69) is 10.0 Å². The number of carbonyl (C=O) groups is 2. The third-order valence-corrected chi connectivity index (χ3v) is 8.08. The number of nitrogens with zero attached hydrogens (tertiary/aromatic N) is 2. The lowest BCUT2D eigenvalue weighted by molar-refractivity contribution is 0.0806. The Morgan fingerprint density at radius 1 is 1.29 bits per heavy atom. The SMILES string of the molecule is CCC1N(C(=O)O)C[C@@H]2NS(=O)(=O)c3cn(C)c(C(=O)Nc4cc(F)c(F)c(F)c4)c3OC[C@]12C. The predicted octanol–water partition coefficient (Wildman–Crippen LogP) is 2.51. The Hall–Kier alpha value is -3.26. The molecular weight excluding hydrogens is 493 g/mol. The van der Waals surface area contributed by atoms with E-state index in [1.807, 2.05) is 0 Å². The number of carbonyl (C=O) groups excluding carboxylic acids is 1. The van der Waals surface area contributed by atoms with Crippen LogP contribution in [0.1, 0.15) is 30.8 Å². The van der Waals surface area contributed by atoms with Crippen molar-refractivity contribution in [2.24, 2.45) is 12.5 Å². The molecule has 2 aliphatic rings. The number of likely N-dealkylation sites (tertiary alicyclic amines) is 1. The van der Waals surface area contributed by atoms with Crippen LogP contribution < -0.4 is 14.8 Å². The van der Waals surface area contributed by atoms with Crippen LogP contribution in [0.25, 0.3) is 0 Å². The van der Waals surface area contributed by atoms with E-state index in [-0.39, 0.29) is 35.2 Å². The number of aromatic nitrogens is 1. The first-order chi connectivity index (χ1) is 16.3. The summed E-state index contributed by atoms with van der Waals surface area (Å²) in [5, 5.41) is 11.8. The summed E-state index contributed by atoms with van der Waals surface area (Å²) in [7, 11) is -2.88. The minimum atomic E-state index is -4.27. The second-order valence-corrected chi connectivity index (χ2v) is 10.5. The van der Waals surface area contributed by atoms with Gasteiger partial charge in [0.05, 0.1) is 12.6 Å². The first kappa shape index (κ1) is 24.9. The number of halogens is 3. The van der Waals surface area contributed by atoms with E-state index in [0.717, 1.165) is 11.1 Å². The van der Waals surface area contributed by atoms with E-state index >= 15 is 0 Å². The number of nitrogens with one attached hydrogen (secondary N) is 2. The van der Waals surface area contributed by atoms with Crippen LogP contribution in [-0.2, 0) is 17.1 Å². The van der Waals surface area contributed by atoms with Crippen LogP contribution in [-0.4, -0.2) is 60.2 Å². The molecular formula is C21H23F3N4O6S. The minimum absolute atomic E-state index is 0.0792. The standard InChI is InChI=1S/C21H23F3N4O6S/c1-4-15-21(2)9-34-18-13(35(32,33)26-14(21)8-28(15)20(30)31)7-27(3)17(18)19(29)25-10-5-11(22)16(24)12(23)6-10/h5-7,14-15,26H,4,8-9H2,1-3H3,(H,25,29)(H,30,31)/t14-,15?,21-/m0/s1. The number of ether oxygens (including phenoxy) is 1. The summed E-state index contributed by atoms with van der Waals surface area (Å²) in [6.45, 7) is 3.27. The third-order valence-electron chi connectivity index (χ3n) is 6.62. The van der Waals surface area contributed by atoms with E-state index in [1.54, 1.807) is 13.8 Å². The number of aryl methyl sites for hydroxylation is 1. The van der Waals surface area contributed by atoms with Crippen LogP contribution in [0.15, 0.2) is 23.2 Å². The molecule has 35 heavy (non-hydrogen) atoms. The van der Waals surface area contributed by atoms with Gasteiger partial charge < -0.3 is 24.6 Å². The number of amides is 2. The van der Waals surface area contributed by atoms with Crippen molar-refractivity contribution in [3.63, 3.8) is 0 Å². The highest BCUT2D eigenvalue weighted by molar-refractivity contribution is 7.89. The fourth-order valence-electron chi connectivity index (χ4n) is 4.85. The number of hydrogen-bond acceptors (Lipinski definition) is 5. The van der Waals surface area contributed by atoms with Gasteiger partial charge >= 0.3 is 6.09 Å². The van der Waals surface area contributed by atoms with Crippen molar-refractivity contribution >= 4 is 27.7 Å². The average molecular weight is 516 g/mol. The molecule has 0 aliphatic carbocycles. The normalized spacial score (nSPS) is 25.1. The number of benzene rings is 1. The van der Waals surface area contributed by atoms with E-state index in [1.165, 1.54) is 11.6 Å². The van der Waals surface area contributed by atoms with E-state index in [0.29, 0.717) is 18.6 Å². The van der Waals surface area contributed by atoms with Gasteiger partial charge in [0.15, 0.2) is 28.9 Å². The number of carboxylic acid groups (broad SMARTS) is 1. The zero-order valence-electron chi connectivity index (χ0n) is 18.9. The Labute approximate surface area is 198 Å². The van der Waals surface area contributed by atoms with Gasteiger partial charge in [-0.1, -0.05) is 13.8 Å². The van der Waals surface area contributed by atoms with E-state index in [4.69, 9.17) is 4.74 Å². The maximum Gasteiger partial charge on any atom is 0.407 e. The lowest BCUT2D eigenvalue weighted by Gasteiger charge is -2.37. The summed E-state index contributed by atoms with van der Waals surface area (Å²) in [4.78, 5) is 25.6. The third kappa shape index (κ3) is 3.99. The summed E-state index contributed by atoms with van der Waals surface area (Å²) >= 11 is 0. The molecule has 10 nitrogen and oxygen atoms in total. The minimum Gasteiger partial charge on any atom is -0.489 e. The monoisotopic (exact) mass is 516 g/mol. The van der Waals surface area contributed by atoms with Gasteiger partial charge in [0.1, 0.15) is 4.90 Å². The molecule has 1 aromatic carbocycles. The molecule has 3 heterocycles. The Kier molecular flexibility index (Phi) is 6.00. The predicted molar refractivity (Wildman–Crippen MR) is 116 cm³/mol. The number of rotatable bonds is 3. The second-order valence-electron chi connectivity index (χ2n) is 8.82. The molecule has 1 aromatic heterocycles. The summed E-state index contributed by atoms with van der Waals surface area (Å²) in [5.74, 6) is -5.99. The van der Waals surface area contributed by atoms with Crippen LogP contribution in [0.4, 0.5) is 23.7 Å². The first-order valence-electron chi connectivity index (χ1n) is 10.6. The molecule has 1 fully saturated rings. The maximum absolute atomic E-state index is 13.6. The van der Waals surface area contributed by atoms with Crippen molar-refractivity contribution in [3.8, 4) is 5.75 Å². The fraction of sp³-hybridized carbons (Fsp3) is 0.429. The molecule has 190 valence electrons. The number of hydrogen-bond donors (Lipinski definition) is 3. The van der Waals surface area contributed by atoms with Gasteiger partial charge in [-0.3, -0.25) is 4.79 Å². The number of anilines is 1. The van der Waals surface area contributed by atoms with Crippen LogP contribution in [0, 0.1) is 22.9 Å². The molecule has 2 aliphatic heterocycles. The highest BCUT2D eigenvalue weighted by Gasteiger charge is 2.55. The first-order valence-corrected chi connectivity index (χ1v) is 12.1. The Morgan fingerprint density at radius 2 is 1.91 bits per heavy atom. The molecule has 0 saturated carbocycles. The molecule has 1 unspecified atom stereocenters. The lowest BCUT2D eigenvalue weighted by atomic mass is 9.79.